The van der Waals surface area contributed by atoms with Crippen molar-refractivity contribution in [3.05, 3.63) is 35.4 Å². The molecule has 5 heteroatoms. The minimum absolute atomic E-state index is 0.105. The second-order valence-electron chi connectivity index (χ2n) is 4.63. The lowest BCUT2D eigenvalue weighted by Gasteiger charge is -2.17. The van der Waals surface area contributed by atoms with E-state index in [1.54, 1.807) is 31.1 Å². The predicted octanol–water partition coefficient (Wildman–Crippen LogP) is 1.00. The molecule has 0 heterocycles. The van der Waals surface area contributed by atoms with E-state index in [2.05, 4.69) is 10.6 Å². The first kappa shape index (κ1) is 16.2. The second kappa shape index (κ2) is 8.32. The Morgan fingerprint density at radius 1 is 1.20 bits per heavy atom. The molecule has 0 saturated heterocycles. The van der Waals surface area contributed by atoms with Gasteiger partial charge in [-0.05, 0) is 24.2 Å². The van der Waals surface area contributed by atoms with E-state index in [0.717, 1.165) is 12.1 Å². The van der Waals surface area contributed by atoms with Gasteiger partial charge >= 0.3 is 0 Å². The van der Waals surface area contributed by atoms with Crippen molar-refractivity contribution in [1.82, 2.24) is 15.5 Å². The van der Waals surface area contributed by atoms with Crippen molar-refractivity contribution in [2.24, 2.45) is 0 Å². The summed E-state index contributed by atoms with van der Waals surface area (Å²) in [6.07, 6.45) is 0.501. The second-order valence-corrected chi connectivity index (χ2v) is 4.63. The molecule has 20 heavy (non-hydrogen) atoms. The number of benzene rings is 1. The Morgan fingerprint density at radius 3 is 2.40 bits per heavy atom. The van der Waals surface area contributed by atoms with Crippen LogP contribution in [0.4, 0.5) is 0 Å². The summed E-state index contributed by atoms with van der Waals surface area (Å²) in [4.78, 5) is 25.0. The summed E-state index contributed by atoms with van der Waals surface area (Å²) in [5.41, 5.74) is 1.63. The van der Waals surface area contributed by atoms with Crippen LogP contribution in [0.1, 0.15) is 29.3 Å². The van der Waals surface area contributed by atoms with Gasteiger partial charge in [-0.25, -0.2) is 0 Å². The molecule has 0 saturated carbocycles. The first-order chi connectivity index (χ1) is 9.58. The van der Waals surface area contributed by atoms with E-state index in [4.69, 9.17) is 0 Å². The van der Waals surface area contributed by atoms with Crippen LogP contribution in [0.5, 0.6) is 0 Å². The molecule has 1 aromatic rings. The number of hydrogen-bond acceptors (Lipinski definition) is 3. The van der Waals surface area contributed by atoms with Crippen LogP contribution >= 0.6 is 0 Å². The van der Waals surface area contributed by atoms with E-state index in [1.165, 1.54) is 0 Å². The molecule has 110 valence electrons. The topological polar surface area (TPSA) is 61.4 Å². The summed E-state index contributed by atoms with van der Waals surface area (Å²) in [7, 11) is 3.40. The zero-order valence-corrected chi connectivity index (χ0v) is 12.4. The van der Waals surface area contributed by atoms with Gasteiger partial charge in [-0.15, -0.1) is 0 Å². The standard InChI is InChI=1S/C15H23N3O2/c1-4-17-10-9-14(19)18(3)11-12-5-7-13(8-6-12)15(20)16-2/h5-8,17H,4,9-11H2,1-3H3,(H,16,20). The van der Waals surface area contributed by atoms with Crippen LogP contribution in [0.2, 0.25) is 0 Å². The summed E-state index contributed by atoms with van der Waals surface area (Å²) < 4.78 is 0. The van der Waals surface area contributed by atoms with Gasteiger partial charge in [0.15, 0.2) is 0 Å². The van der Waals surface area contributed by atoms with Crippen LogP contribution in [0.15, 0.2) is 24.3 Å². The maximum atomic E-state index is 11.9. The molecule has 1 aromatic carbocycles. The van der Waals surface area contributed by atoms with Crippen molar-refractivity contribution in [2.75, 3.05) is 27.2 Å². The average molecular weight is 277 g/mol. The Bertz CT molecular complexity index is 443. The molecular weight excluding hydrogens is 254 g/mol. The Labute approximate surface area is 120 Å². The van der Waals surface area contributed by atoms with Crippen molar-refractivity contribution in [3.8, 4) is 0 Å². The van der Waals surface area contributed by atoms with Gasteiger partial charge in [0, 0.05) is 39.2 Å². The van der Waals surface area contributed by atoms with Crippen molar-refractivity contribution in [1.29, 1.82) is 0 Å². The molecule has 0 unspecified atom stereocenters. The maximum absolute atomic E-state index is 11.9. The summed E-state index contributed by atoms with van der Waals surface area (Å²) in [5.74, 6) is 0.00736. The normalized spacial score (nSPS) is 10.2. The number of nitrogens with zero attached hydrogens (tertiary/aromatic N) is 1. The number of carbonyl (C=O) groups is 2. The summed E-state index contributed by atoms with van der Waals surface area (Å²) in [6, 6.07) is 7.29. The minimum Gasteiger partial charge on any atom is -0.355 e. The van der Waals surface area contributed by atoms with E-state index < -0.39 is 0 Å². The van der Waals surface area contributed by atoms with Crippen LogP contribution < -0.4 is 10.6 Å². The third-order valence-corrected chi connectivity index (χ3v) is 3.05. The van der Waals surface area contributed by atoms with Gasteiger partial charge in [-0.3, -0.25) is 9.59 Å². The van der Waals surface area contributed by atoms with Crippen LogP contribution in [0.3, 0.4) is 0 Å². The van der Waals surface area contributed by atoms with E-state index in [9.17, 15) is 9.59 Å². The van der Waals surface area contributed by atoms with E-state index in [0.29, 0.717) is 25.1 Å². The fourth-order valence-electron chi connectivity index (χ4n) is 1.83. The fourth-order valence-corrected chi connectivity index (χ4v) is 1.83. The summed E-state index contributed by atoms with van der Waals surface area (Å²) in [6.45, 7) is 4.15. The fraction of sp³-hybridized carbons (Fsp3) is 0.467. The van der Waals surface area contributed by atoms with Crippen LogP contribution in [0.25, 0.3) is 0 Å². The molecule has 5 nitrogen and oxygen atoms in total. The molecule has 0 bridgehead atoms. The molecule has 1 rings (SSSR count). The first-order valence-corrected chi connectivity index (χ1v) is 6.84. The Balaban J connectivity index is 2.51. The molecule has 0 atom stereocenters. The molecule has 0 fully saturated rings. The number of nitrogens with one attached hydrogen (secondary N) is 2. The average Bonchev–Trinajstić information content (AvgIpc) is 2.47. The number of carbonyl (C=O) groups excluding carboxylic acids is 2. The lowest BCUT2D eigenvalue weighted by molar-refractivity contribution is -0.130. The first-order valence-electron chi connectivity index (χ1n) is 6.84. The van der Waals surface area contributed by atoms with E-state index >= 15 is 0 Å². The zero-order chi connectivity index (χ0) is 15.0. The van der Waals surface area contributed by atoms with Crippen LogP contribution in [0, 0.1) is 0 Å². The zero-order valence-electron chi connectivity index (χ0n) is 12.4. The monoisotopic (exact) mass is 277 g/mol. The molecule has 0 aromatic heterocycles. The smallest absolute Gasteiger partial charge is 0.251 e. The molecule has 0 radical (unpaired) electrons. The Hall–Kier alpha value is -1.88. The van der Waals surface area contributed by atoms with Gasteiger partial charge in [0.05, 0.1) is 0 Å². The maximum Gasteiger partial charge on any atom is 0.251 e. The number of rotatable bonds is 7. The Kier molecular flexibility index (Phi) is 6.73. The van der Waals surface area contributed by atoms with Gasteiger partial charge in [-0.1, -0.05) is 19.1 Å². The highest BCUT2D eigenvalue weighted by molar-refractivity contribution is 5.93. The van der Waals surface area contributed by atoms with E-state index in [1.807, 2.05) is 19.1 Å². The SMILES string of the molecule is CCNCCC(=O)N(C)Cc1ccc(C(=O)NC)cc1. The molecule has 2 N–H and O–H groups in total. The Morgan fingerprint density at radius 2 is 1.85 bits per heavy atom. The number of amides is 2. The van der Waals surface area contributed by atoms with Gasteiger partial charge in [0.25, 0.3) is 5.91 Å². The molecule has 0 aliphatic carbocycles. The molecular formula is C15H23N3O2. The third-order valence-electron chi connectivity index (χ3n) is 3.05. The van der Waals surface area contributed by atoms with Crippen molar-refractivity contribution >= 4 is 11.8 Å². The highest BCUT2D eigenvalue weighted by atomic mass is 16.2. The largest absolute Gasteiger partial charge is 0.355 e. The van der Waals surface area contributed by atoms with Gasteiger partial charge in [0.2, 0.25) is 5.91 Å². The van der Waals surface area contributed by atoms with Crippen molar-refractivity contribution < 1.29 is 9.59 Å². The highest BCUT2D eigenvalue weighted by Crippen LogP contribution is 2.07. The van der Waals surface area contributed by atoms with Gasteiger partial charge in [0.1, 0.15) is 0 Å². The molecule has 2 amide bonds. The predicted molar refractivity (Wildman–Crippen MR) is 79.5 cm³/mol. The summed E-state index contributed by atoms with van der Waals surface area (Å²) >= 11 is 0. The number of hydrogen-bond donors (Lipinski definition) is 2. The molecule has 0 aliphatic rings. The quantitative estimate of drug-likeness (QED) is 0.731. The van der Waals surface area contributed by atoms with Crippen LogP contribution in [-0.2, 0) is 11.3 Å². The third kappa shape index (κ3) is 5.01. The van der Waals surface area contributed by atoms with Gasteiger partial charge < -0.3 is 15.5 Å². The van der Waals surface area contributed by atoms with E-state index in [-0.39, 0.29) is 11.8 Å². The highest BCUT2D eigenvalue weighted by Gasteiger charge is 2.09. The molecule has 0 spiro atoms. The minimum atomic E-state index is -0.105. The van der Waals surface area contributed by atoms with Crippen molar-refractivity contribution in [3.63, 3.8) is 0 Å². The van der Waals surface area contributed by atoms with Crippen LogP contribution in [-0.4, -0.2) is 43.9 Å². The molecule has 0 aliphatic heterocycles. The van der Waals surface area contributed by atoms with Gasteiger partial charge in [-0.2, -0.15) is 0 Å². The van der Waals surface area contributed by atoms with Crippen molar-refractivity contribution in [2.45, 2.75) is 19.9 Å². The lowest BCUT2D eigenvalue weighted by atomic mass is 10.1. The summed E-state index contributed by atoms with van der Waals surface area (Å²) in [5, 5.41) is 5.71. The lowest BCUT2D eigenvalue weighted by Crippen LogP contribution is -2.29.